The van der Waals surface area contributed by atoms with Gasteiger partial charge in [0.1, 0.15) is 17.5 Å². The van der Waals surface area contributed by atoms with E-state index in [0.29, 0.717) is 0 Å². The van der Waals surface area contributed by atoms with Gasteiger partial charge in [-0.05, 0) is 13.3 Å². The highest BCUT2D eigenvalue weighted by molar-refractivity contribution is 5.52. The van der Waals surface area contributed by atoms with Crippen molar-refractivity contribution in [2.24, 2.45) is 0 Å². The zero-order chi connectivity index (χ0) is 13.7. The fraction of sp³-hybridized carbons (Fsp3) is 0.615. The Morgan fingerprint density at radius 1 is 1.32 bits per heavy atom. The molecule has 0 aliphatic carbocycles. The van der Waals surface area contributed by atoms with Crippen LogP contribution in [0.25, 0.3) is 0 Å². The number of hydrogen-bond acceptors (Lipinski definition) is 5. The number of nitrogens with one attached hydrogen (secondary N) is 1. The predicted molar refractivity (Wildman–Crippen MR) is 75.4 cm³/mol. The number of anilines is 2. The maximum atomic E-state index is 10.7. The molecule has 6 heteroatoms. The second kappa shape index (κ2) is 6.36. The molecule has 0 radical (unpaired) electrons. The molecule has 1 aliphatic rings. The van der Waals surface area contributed by atoms with Crippen molar-refractivity contribution < 1.29 is 4.79 Å². The van der Waals surface area contributed by atoms with Gasteiger partial charge < -0.3 is 15.1 Å². The Labute approximate surface area is 113 Å². The maximum Gasteiger partial charge on any atom is 0.209 e. The first kappa shape index (κ1) is 13.6. The Morgan fingerprint density at radius 2 is 2.05 bits per heavy atom. The normalized spacial score (nSPS) is 15.5. The lowest BCUT2D eigenvalue weighted by Gasteiger charge is -2.33. The Morgan fingerprint density at radius 3 is 2.68 bits per heavy atom. The van der Waals surface area contributed by atoms with Crippen LogP contribution in [0.3, 0.4) is 0 Å². The molecule has 1 saturated heterocycles. The molecule has 1 N–H and O–H groups in total. The first-order valence-electron chi connectivity index (χ1n) is 6.76. The molecule has 19 heavy (non-hydrogen) atoms. The molecule has 1 aliphatic heterocycles. The second-order valence-electron chi connectivity index (χ2n) is 4.71. The summed E-state index contributed by atoms with van der Waals surface area (Å²) in [4.78, 5) is 23.6. The average Bonchev–Trinajstić information content (AvgIpc) is 2.44. The van der Waals surface area contributed by atoms with Crippen LogP contribution in [-0.4, -0.2) is 54.0 Å². The monoisotopic (exact) mass is 263 g/mol. The van der Waals surface area contributed by atoms with Crippen LogP contribution in [0.5, 0.6) is 0 Å². The number of carbonyl (C=O) groups is 1. The minimum absolute atomic E-state index is 0.754. The van der Waals surface area contributed by atoms with Gasteiger partial charge in [-0.2, -0.15) is 0 Å². The maximum absolute atomic E-state index is 10.7. The fourth-order valence-electron chi connectivity index (χ4n) is 2.11. The third kappa shape index (κ3) is 3.56. The first-order chi connectivity index (χ1) is 9.22. The van der Waals surface area contributed by atoms with E-state index in [2.05, 4.69) is 27.1 Å². The molecule has 0 atom stereocenters. The Hall–Kier alpha value is -1.85. The van der Waals surface area contributed by atoms with Gasteiger partial charge in [0.15, 0.2) is 0 Å². The zero-order valence-electron chi connectivity index (χ0n) is 11.6. The van der Waals surface area contributed by atoms with Crippen LogP contribution in [0.15, 0.2) is 6.07 Å². The quantitative estimate of drug-likeness (QED) is 0.799. The molecule has 1 fully saturated rings. The number of carbonyl (C=O) groups excluding carboxylic acids is 1. The van der Waals surface area contributed by atoms with Gasteiger partial charge in [0.25, 0.3) is 0 Å². The van der Waals surface area contributed by atoms with Gasteiger partial charge in [-0.1, -0.05) is 6.92 Å². The van der Waals surface area contributed by atoms with E-state index in [1.54, 1.807) is 4.90 Å². The van der Waals surface area contributed by atoms with E-state index >= 15 is 0 Å². The molecule has 0 unspecified atom stereocenters. The van der Waals surface area contributed by atoms with Crippen molar-refractivity contribution in [1.82, 2.24) is 14.9 Å². The van der Waals surface area contributed by atoms with Gasteiger partial charge in [-0.15, -0.1) is 0 Å². The van der Waals surface area contributed by atoms with Crippen molar-refractivity contribution in [1.29, 1.82) is 0 Å². The SMILES string of the molecule is CCCNc1cc(N2CCN(C=O)CC2)nc(C)n1. The van der Waals surface area contributed by atoms with Crippen LogP contribution < -0.4 is 10.2 Å². The van der Waals surface area contributed by atoms with Crippen LogP contribution in [-0.2, 0) is 4.79 Å². The fourth-order valence-corrected chi connectivity index (χ4v) is 2.11. The first-order valence-corrected chi connectivity index (χ1v) is 6.76. The summed E-state index contributed by atoms with van der Waals surface area (Å²) in [7, 11) is 0. The van der Waals surface area contributed by atoms with E-state index in [1.165, 1.54) is 0 Å². The van der Waals surface area contributed by atoms with Gasteiger partial charge in [-0.3, -0.25) is 4.79 Å². The van der Waals surface area contributed by atoms with Crippen LogP contribution >= 0.6 is 0 Å². The van der Waals surface area contributed by atoms with E-state index in [1.807, 2.05) is 13.0 Å². The molecule has 0 saturated carbocycles. The third-order valence-corrected chi connectivity index (χ3v) is 3.17. The number of hydrogen-bond donors (Lipinski definition) is 1. The molecular weight excluding hydrogens is 242 g/mol. The van der Waals surface area contributed by atoms with Gasteiger partial charge >= 0.3 is 0 Å². The highest BCUT2D eigenvalue weighted by atomic mass is 16.1. The summed E-state index contributed by atoms with van der Waals surface area (Å²) in [5.41, 5.74) is 0. The molecule has 0 aromatic carbocycles. The topological polar surface area (TPSA) is 61.4 Å². The molecule has 1 aromatic rings. The standard InChI is InChI=1S/C13H21N5O/c1-3-4-14-12-9-13(16-11(2)15-12)18-7-5-17(10-19)6-8-18/h9-10H,3-8H2,1-2H3,(H,14,15,16). The summed E-state index contributed by atoms with van der Waals surface area (Å²) >= 11 is 0. The molecule has 6 nitrogen and oxygen atoms in total. The lowest BCUT2D eigenvalue weighted by molar-refractivity contribution is -0.118. The average molecular weight is 263 g/mol. The number of aryl methyl sites for hydroxylation is 1. The molecule has 0 spiro atoms. The van der Waals surface area contributed by atoms with Gasteiger partial charge in [0.05, 0.1) is 0 Å². The Bertz CT molecular complexity index is 429. The number of nitrogens with zero attached hydrogens (tertiary/aromatic N) is 4. The van der Waals surface area contributed by atoms with E-state index in [-0.39, 0.29) is 0 Å². The van der Waals surface area contributed by atoms with Gasteiger partial charge in [0.2, 0.25) is 6.41 Å². The van der Waals surface area contributed by atoms with Crippen molar-refractivity contribution in [2.45, 2.75) is 20.3 Å². The lowest BCUT2D eigenvalue weighted by Crippen LogP contribution is -2.46. The van der Waals surface area contributed by atoms with Crippen molar-refractivity contribution >= 4 is 18.0 Å². The number of amides is 1. The summed E-state index contributed by atoms with van der Waals surface area (Å²) < 4.78 is 0. The number of rotatable bonds is 5. The van der Waals surface area contributed by atoms with E-state index in [0.717, 1.165) is 63.0 Å². The highest BCUT2D eigenvalue weighted by Crippen LogP contribution is 2.17. The summed E-state index contributed by atoms with van der Waals surface area (Å²) in [6, 6.07) is 1.99. The Kier molecular flexibility index (Phi) is 4.54. The minimum atomic E-state index is 0.754. The third-order valence-electron chi connectivity index (χ3n) is 3.17. The number of piperazine rings is 1. The predicted octanol–water partition coefficient (Wildman–Crippen LogP) is 0.885. The zero-order valence-corrected chi connectivity index (χ0v) is 11.6. The van der Waals surface area contributed by atoms with Crippen LogP contribution in [0.2, 0.25) is 0 Å². The molecular formula is C13H21N5O. The van der Waals surface area contributed by atoms with Gasteiger partial charge in [0, 0.05) is 38.8 Å². The van der Waals surface area contributed by atoms with Crippen molar-refractivity contribution in [2.75, 3.05) is 42.9 Å². The largest absolute Gasteiger partial charge is 0.370 e. The highest BCUT2D eigenvalue weighted by Gasteiger charge is 2.17. The Balaban J connectivity index is 2.07. The van der Waals surface area contributed by atoms with E-state index in [4.69, 9.17) is 0 Å². The lowest BCUT2D eigenvalue weighted by atomic mass is 10.3. The van der Waals surface area contributed by atoms with Crippen molar-refractivity contribution in [3.05, 3.63) is 11.9 Å². The number of aromatic nitrogens is 2. The van der Waals surface area contributed by atoms with Crippen molar-refractivity contribution in [3.63, 3.8) is 0 Å². The summed E-state index contributed by atoms with van der Waals surface area (Å²) in [5.74, 6) is 2.59. The summed E-state index contributed by atoms with van der Waals surface area (Å²) in [6.07, 6.45) is 1.98. The summed E-state index contributed by atoms with van der Waals surface area (Å²) in [5, 5.41) is 3.29. The van der Waals surface area contributed by atoms with Crippen LogP contribution in [0.1, 0.15) is 19.2 Å². The smallest absolute Gasteiger partial charge is 0.209 e. The van der Waals surface area contributed by atoms with Crippen LogP contribution in [0, 0.1) is 6.92 Å². The van der Waals surface area contributed by atoms with Crippen LogP contribution in [0.4, 0.5) is 11.6 Å². The molecule has 2 heterocycles. The molecule has 1 aromatic heterocycles. The summed E-state index contributed by atoms with van der Waals surface area (Å²) in [6.45, 7) is 8.09. The second-order valence-corrected chi connectivity index (χ2v) is 4.71. The molecule has 1 amide bonds. The minimum Gasteiger partial charge on any atom is -0.370 e. The van der Waals surface area contributed by atoms with Gasteiger partial charge in [-0.25, -0.2) is 9.97 Å². The molecule has 104 valence electrons. The molecule has 2 rings (SSSR count). The van der Waals surface area contributed by atoms with Crippen molar-refractivity contribution in [3.8, 4) is 0 Å². The van der Waals surface area contributed by atoms with E-state index in [9.17, 15) is 4.79 Å². The van der Waals surface area contributed by atoms with E-state index < -0.39 is 0 Å². The molecule has 0 bridgehead atoms.